The fourth-order valence-electron chi connectivity index (χ4n) is 7.11. The quantitative estimate of drug-likeness (QED) is 0.185. The van der Waals surface area contributed by atoms with Crippen LogP contribution in [0.1, 0.15) is 69.8 Å². The Labute approximate surface area is 274 Å². The minimum atomic E-state index is -0.727. The molecular weight excluding hydrogens is 601 g/mol. The number of hydrogen-bond donors (Lipinski definition) is 1. The Kier molecular flexibility index (Phi) is 9.77. The van der Waals surface area contributed by atoms with Crippen LogP contribution < -0.4 is 10.9 Å². The summed E-state index contributed by atoms with van der Waals surface area (Å²) in [5.41, 5.74) is 4.73. The number of nitrogens with one attached hydrogen (secondary N) is 1. The summed E-state index contributed by atoms with van der Waals surface area (Å²) in [6, 6.07) is 12.0. The number of rotatable bonds is 9. The van der Waals surface area contributed by atoms with Gasteiger partial charge in [0.1, 0.15) is 17.7 Å². The summed E-state index contributed by atoms with van der Waals surface area (Å²) in [6.07, 6.45) is 4.81. The van der Waals surface area contributed by atoms with Crippen molar-refractivity contribution in [2.75, 3.05) is 45.0 Å². The van der Waals surface area contributed by atoms with Gasteiger partial charge in [0.05, 0.1) is 10.9 Å². The average Bonchev–Trinajstić information content (AvgIpc) is 3.02. The molecule has 0 saturated carbocycles. The van der Waals surface area contributed by atoms with Gasteiger partial charge in [-0.3, -0.25) is 29.2 Å². The molecule has 1 aromatic heterocycles. The van der Waals surface area contributed by atoms with Crippen LogP contribution in [0.2, 0.25) is 0 Å². The smallest absolute Gasteiger partial charge is 0.263 e. The number of nitrogens with zero attached hydrogens (tertiary/aromatic N) is 4. The average molecular weight is 646 g/mol. The molecule has 10 heteroatoms. The second-order valence-electron chi connectivity index (χ2n) is 13.7. The maximum absolute atomic E-state index is 13.7. The highest BCUT2D eigenvalue weighted by atomic mass is 32.2. The van der Waals surface area contributed by atoms with Gasteiger partial charge < -0.3 is 4.90 Å². The number of aryl methyl sites for hydroxylation is 1. The first-order chi connectivity index (χ1) is 22.1. The molecule has 1 N–H and O–H groups in total. The van der Waals surface area contributed by atoms with Crippen molar-refractivity contribution < 1.29 is 14.0 Å². The van der Waals surface area contributed by atoms with Crippen LogP contribution in [0.25, 0.3) is 16.5 Å². The van der Waals surface area contributed by atoms with E-state index in [1.807, 2.05) is 30.3 Å². The zero-order valence-corrected chi connectivity index (χ0v) is 27.9. The first-order valence-corrected chi connectivity index (χ1v) is 17.5. The number of halogens is 1. The molecule has 3 aromatic rings. The van der Waals surface area contributed by atoms with Crippen LogP contribution in [-0.4, -0.2) is 76.2 Å². The number of allylic oxidation sites excluding steroid dienone is 1. The number of imide groups is 1. The molecule has 2 fully saturated rings. The van der Waals surface area contributed by atoms with Crippen LogP contribution >= 0.6 is 11.8 Å². The molecule has 0 radical (unpaired) electrons. The van der Waals surface area contributed by atoms with Gasteiger partial charge in [-0.2, -0.15) is 0 Å². The topological polar surface area (TPSA) is 87.5 Å². The Balaban J connectivity index is 1.04. The standard InChI is InChI=1S/C36H44FN5O3S/c1-24-38-29-6-4-7-31(33(29)35(45)42(24)30-12-13-32(43)39-34(30)44)46-21-5-16-40-17-19-41(20-18-40)23-26-14-15-36(2,3)22-28(26)25-8-10-27(37)11-9-25/h4,6-11,30H,5,12-23H2,1-3H3,(H,39,43,44). The predicted molar refractivity (Wildman–Crippen MR) is 181 cm³/mol. The molecule has 0 spiro atoms. The first kappa shape index (κ1) is 32.6. The lowest BCUT2D eigenvalue weighted by Gasteiger charge is -2.38. The number of amides is 2. The highest BCUT2D eigenvalue weighted by Gasteiger charge is 2.31. The highest BCUT2D eigenvalue weighted by molar-refractivity contribution is 7.99. The maximum atomic E-state index is 13.7. The Morgan fingerprint density at radius 1 is 1.00 bits per heavy atom. The number of hydrogen-bond acceptors (Lipinski definition) is 7. The van der Waals surface area contributed by atoms with E-state index < -0.39 is 11.9 Å². The lowest BCUT2D eigenvalue weighted by molar-refractivity contribution is -0.135. The minimum Gasteiger partial charge on any atom is -0.301 e. The number of piperazine rings is 1. The lowest BCUT2D eigenvalue weighted by atomic mass is 9.72. The summed E-state index contributed by atoms with van der Waals surface area (Å²) in [4.78, 5) is 48.6. The largest absolute Gasteiger partial charge is 0.301 e. The monoisotopic (exact) mass is 645 g/mol. The van der Waals surface area contributed by atoms with Crippen molar-refractivity contribution in [1.82, 2.24) is 24.7 Å². The second-order valence-corrected chi connectivity index (χ2v) is 14.8. The van der Waals surface area contributed by atoms with Crippen molar-refractivity contribution in [3.63, 3.8) is 0 Å². The molecule has 0 bridgehead atoms. The van der Waals surface area contributed by atoms with Gasteiger partial charge in [-0.15, -0.1) is 11.8 Å². The van der Waals surface area contributed by atoms with Crippen LogP contribution in [0.5, 0.6) is 0 Å². The fraction of sp³-hybridized carbons (Fsp3) is 0.500. The van der Waals surface area contributed by atoms with Gasteiger partial charge in [-0.1, -0.05) is 37.6 Å². The van der Waals surface area contributed by atoms with Crippen LogP contribution in [0.3, 0.4) is 0 Å². The molecule has 1 aliphatic carbocycles. The third-order valence-electron chi connectivity index (χ3n) is 9.72. The number of fused-ring (bicyclic) bond motifs is 1. The third kappa shape index (κ3) is 7.29. The normalized spacial score (nSPS) is 21.2. The molecule has 2 aliphatic heterocycles. The molecule has 244 valence electrons. The Hall–Kier alpha value is -3.34. The predicted octanol–water partition coefficient (Wildman–Crippen LogP) is 5.59. The molecule has 3 heterocycles. The summed E-state index contributed by atoms with van der Waals surface area (Å²) in [5.74, 6) is 0.409. The molecule has 2 amide bonds. The van der Waals surface area contributed by atoms with E-state index in [4.69, 9.17) is 0 Å². The van der Waals surface area contributed by atoms with E-state index in [1.165, 1.54) is 22.1 Å². The van der Waals surface area contributed by atoms with Gasteiger partial charge in [0.15, 0.2) is 0 Å². The van der Waals surface area contributed by atoms with Crippen molar-refractivity contribution in [2.24, 2.45) is 5.41 Å². The molecule has 2 saturated heterocycles. The summed E-state index contributed by atoms with van der Waals surface area (Å²) in [6.45, 7) is 12.5. The zero-order valence-electron chi connectivity index (χ0n) is 27.1. The second kappa shape index (κ2) is 13.8. The summed E-state index contributed by atoms with van der Waals surface area (Å²) >= 11 is 1.66. The van der Waals surface area contributed by atoms with Crippen molar-refractivity contribution >= 4 is 40.1 Å². The van der Waals surface area contributed by atoms with Gasteiger partial charge in [0, 0.05) is 44.0 Å². The molecule has 3 aliphatic rings. The van der Waals surface area contributed by atoms with Crippen LogP contribution in [-0.2, 0) is 9.59 Å². The van der Waals surface area contributed by atoms with Crippen molar-refractivity contribution in [3.8, 4) is 0 Å². The third-order valence-corrected chi connectivity index (χ3v) is 10.9. The van der Waals surface area contributed by atoms with Crippen molar-refractivity contribution in [3.05, 3.63) is 75.6 Å². The Bertz CT molecular complexity index is 1710. The Morgan fingerprint density at radius 3 is 2.48 bits per heavy atom. The van der Waals surface area contributed by atoms with E-state index >= 15 is 0 Å². The van der Waals surface area contributed by atoms with Gasteiger partial charge in [-0.25, -0.2) is 9.37 Å². The number of piperidine rings is 1. The van der Waals surface area contributed by atoms with Gasteiger partial charge in [0.2, 0.25) is 11.8 Å². The van der Waals surface area contributed by atoms with E-state index in [0.717, 1.165) is 74.7 Å². The number of thioether (sulfide) groups is 1. The van der Waals surface area contributed by atoms with Gasteiger partial charge in [-0.05, 0) is 92.1 Å². The first-order valence-electron chi connectivity index (χ1n) is 16.5. The molecule has 1 unspecified atom stereocenters. The molecule has 1 atom stereocenters. The van der Waals surface area contributed by atoms with Crippen LogP contribution in [0, 0.1) is 18.2 Å². The SMILES string of the molecule is Cc1nc2cccc(SCCCN3CCN(CC4=C(c5ccc(F)cc5)CC(C)(C)CC4)CC3)c2c(=O)n1C1CCC(=O)NC1=O. The van der Waals surface area contributed by atoms with Crippen molar-refractivity contribution in [2.45, 2.75) is 70.2 Å². The van der Waals surface area contributed by atoms with E-state index in [0.29, 0.717) is 23.1 Å². The molecule has 2 aromatic carbocycles. The summed E-state index contributed by atoms with van der Waals surface area (Å²) < 4.78 is 15.1. The van der Waals surface area contributed by atoms with E-state index in [9.17, 15) is 18.8 Å². The number of carbonyl (C=O) groups excluding carboxylic acids is 2. The molecular formula is C36H44FN5O3S. The van der Waals surface area contributed by atoms with Crippen LogP contribution in [0.15, 0.2) is 57.7 Å². The highest BCUT2D eigenvalue weighted by Crippen LogP contribution is 2.43. The number of aromatic nitrogens is 2. The summed E-state index contributed by atoms with van der Waals surface area (Å²) in [5, 5.41) is 2.90. The molecule has 6 rings (SSSR count). The number of benzene rings is 2. The minimum absolute atomic E-state index is 0.187. The molecule has 46 heavy (non-hydrogen) atoms. The van der Waals surface area contributed by atoms with Gasteiger partial charge >= 0.3 is 0 Å². The summed E-state index contributed by atoms with van der Waals surface area (Å²) in [7, 11) is 0. The maximum Gasteiger partial charge on any atom is 0.263 e. The fourth-order valence-corrected chi connectivity index (χ4v) is 8.12. The van der Waals surface area contributed by atoms with E-state index in [-0.39, 0.29) is 29.1 Å². The number of carbonyl (C=O) groups is 2. The van der Waals surface area contributed by atoms with Gasteiger partial charge in [0.25, 0.3) is 5.56 Å². The lowest BCUT2D eigenvalue weighted by Crippen LogP contribution is -2.47. The van der Waals surface area contributed by atoms with E-state index in [2.05, 4.69) is 33.9 Å². The zero-order chi connectivity index (χ0) is 32.4. The van der Waals surface area contributed by atoms with Crippen molar-refractivity contribution in [1.29, 1.82) is 0 Å². The Morgan fingerprint density at radius 2 is 1.74 bits per heavy atom. The van der Waals surface area contributed by atoms with Crippen LogP contribution in [0.4, 0.5) is 4.39 Å². The molecule has 8 nitrogen and oxygen atoms in total. The van der Waals surface area contributed by atoms with E-state index in [1.54, 1.807) is 30.8 Å².